The molecule has 0 heterocycles. The van der Waals surface area contributed by atoms with Gasteiger partial charge in [-0.25, -0.2) is 13.1 Å². The maximum atomic E-state index is 12.4. The van der Waals surface area contributed by atoms with E-state index in [2.05, 4.69) is 20.7 Å². The fourth-order valence-electron chi connectivity index (χ4n) is 2.04. The van der Waals surface area contributed by atoms with E-state index < -0.39 is 22.0 Å². The molecule has 1 atom stereocenters. The summed E-state index contributed by atoms with van der Waals surface area (Å²) in [6.07, 6.45) is -0.953. The number of nitrogens with one attached hydrogen (secondary N) is 1. The number of ether oxygens (including phenoxy) is 1. The van der Waals surface area contributed by atoms with Crippen LogP contribution in [0.25, 0.3) is 0 Å². The van der Waals surface area contributed by atoms with E-state index in [0.29, 0.717) is 11.3 Å². The first-order valence-corrected chi connectivity index (χ1v) is 9.53. The highest BCUT2D eigenvalue weighted by molar-refractivity contribution is 9.10. The normalized spacial score (nSPS) is 12.5. The molecule has 2 aromatic carbocycles. The van der Waals surface area contributed by atoms with E-state index in [4.69, 9.17) is 4.74 Å². The van der Waals surface area contributed by atoms with E-state index in [1.807, 2.05) is 6.07 Å². The summed E-state index contributed by atoms with van der Waals surface area (Å²) in [5, 5.41) is 0. The molecule has 0 aliphatic rings. The zero-order valence-corrected chi connectivity index (χ0v) is 15.9. The number of carbonyl (C=O) groups is 1. The maximum Gasteiger partial charge on any atom is 0.274 e. The number of carbonyl (C=O) groups excluding carboxylic acids is 1. The van der Waals surface area contributed by atoms with Crippen LogP contribution in [0.2, 0.25) is 0 Å². The third-order valence-electron chi connectivity index (χ3n) is 3.36. The number of halogens is 1. The summed E-state index contributed by atoms with van der Waals surface area (Å²) in [6, 6.07) is 12.0. The van der Waals surface area contributed by atoms with Crippen molar-refractivity contribution < 1.29 is 17.9 Å². The zero-order valence-electron chi connectivity index (χ0n) is 13.5. The molecule has 0 aliphatic heterocycles. The van der Waals surface area contributed by atoms with Gasteiger partial charge in [0.05, 0.1) is 4.90 Å². The lowest BCUT2D eigenvalue weighted by atomic mass is 10.2. The van der Waals surface area contributed by atoms with Crippen LogP contribution in [-0.2, 0) is 14.8 Å². The Kier molecular flexibility index (Phi) is 5.66. The molecule has 0 spiro atoms. The first-order valence-electron chi connectivity index (χ1n) is 7.25. The van der Waals surface area contributed by atoms with Gasteiger partial charge in [0, 0.05) is 4.47 Å². The van der Waals surface area contributed by atoms with Crippen LogP contribution in [0, 0.1) is 13.8 Å². The molecule has 1 unspecified atom stereocenters. The molecule has 2 rings (SSSR count). The van der Waals surface area contributed by atoms with Crippen LogP contribution in [-0.4, -0.2) is 20.4 Å². The lowest BCUT2D eigenvalue weighted by molar-refractivity contribution is -0.125. The number of amides is 1. The second-order valence-electron chi connectivity index (χ2n) is 5.45. The van der Waals surface area contributed by atoms with Crippen LogP contribution in [0.1, 0.15) is 18.1 Å². The average Bonchev–Trinajstić information content (AvgIpc) is 2.51. The number of hydrogen-bond donors (Lipinski definition) is 1. The number of rotatable bonds is 5. The van der Waals surface area contributed by atoms with Gasteiger partial charge in [0.1, 0.15) is 5.75 Å². The van der Waals surface area contributed by atoms with Crippen LogP contribution in [0.3, 0.4) is 0 Å². The van der Waals surface area contributed by atoms with Crippen molar-refractivity contribution in [2.75, 3.05) is 0 Å². The summed E-state index contributed by atoms with van der Waals surface area (Å²) in [5.74, 6) is -0.246. The molecule has 128 valence electrons. The van der Waals surface area contributed by atoms with E-state index in [-0.39, 0.29) is 4.90 Å². The average molecular weight is 412 g/mol. The Balaban J connectivity index is 2.12. The van der Waals surface area contributed by atoms with Gasteiger partial charge in [0.25, 0.3) is 15.9 Å². The number of benzene rings is 2. The maximum absolute atomic E-state index is 12.4. The number of sulfonamides is 1. The van der Waals surface area contributed by atoms with Crippen molar-refractivity contribution >= 4 is 31.9 Å². The van der Waals surface area contributed by atoms with Crippen LogP contribution in [0.4, 0.5) is 0 Å². The van der Waals surface area contributed by atoms with Gasteiger partial charge in [0.2, 0.25) is 0 Å². The van der Waals surface area contributed by atoms with Gasteiger partial charge < -0.3 is 4.74 Å². The first-order chi connectivity index (χ1) is 11.2. The first kappa shape index (κ1) is 18.5. The Labute approximate surface area is 150 Å². The largest absolute Gasteiger partial charge is 0.481 e. The van der Waals surface area contributed by atoms with Crippen LogP contribution >= 0.6 is 15.9 Å². The van der Waals surface area contributed by atoms with E-state index in [1.54, 1.807) is 44.2 Å². The molecule has 1 N–H and O–H groups in total. The fraction of sp³-hybridized carbons (Fsp3) is 0.235. The zero-order chi connectivity index (χ0) is 17.9. The van der Waals surface area contributed by atoms with Crippen LogP contribution in [0.15, 0.2) is 51.8 Å². The number of hydrogen-bond acceptors (Lipinski definition) is 4. The highest BCUT2D eigenvalue weighted by Crippen LogP contribution is 2.19. The van der Waals surface area contributed by atoms with E-state index in [0.717, 1.165) is 10.0 Å². The van der Waals surface area contributed by atoms with E-state index in [9.17, 15) is 13.2 Å². The third-order valence-corrected chi connectivity index (χ3v) is 5.38. The summed E-state index contributed by atoms with van der Waals surface area (Å²) in [7, 11) is -3.94. The molecule has 0 saturated carbocycles. The topological polar surface area (TPSA) is 72.5 Å². The molecule has 7 heteroatoms. The minimum Gasteiger partial charge on any atom is -0.481 e. The molecule has 2 aromatic rings. The monoisotopic (exact) mass is 411 g/mol. The molecule has 0 saturated heterocycles. The molecule has 0 aromatic heterocycles. The van der Waals surface area contributed by atoms with Crippen LogP contribution < -0.4 is 9.46 Å². The van der Waals surface area contributed by atoms with Crippen molar-refractivity contribution in [1.29, 1.82) is 0 Å². The molecular weight excluding hydrogens is 394 g/mol. The highest BCUT2D eigenvalue weighted by atomic mass is 79.9. The van der Waals surface area contributed by atoms with Crippen molar-refractivity contribution in [3.63, 3.8) is 0 Å². The lowest BCUT2D eigenvalue weighted by Crippen LogP contribution is -2.40. The summed E-state index contributed by atoms with van der Waals surface area (Å²) in [5.41, 5.74) is 1.37. The second-order valence-corrected chi connectivity index (χ2v) is 8.02. The predicted molar refractivity (Wildman–Crippen MR) is 95.5 cm³/mol. The predicted octanol–water partition coefficient (Wildman–Crippen LogP) is 3.34. The van der Waals surface area contributed by atoms with Crippen molar-refractivity contribution in [1.82, 2.24) is 4.72 Å². The Bertz CT molecular complexity index is 847. The quantitative estimate of drug-likeness (QED) is 0.818. The molecular formula is C17H18BrNO4S. The van der Waals surface area contributed by atoms with Crippen LogP contribution in [0.5, 0.6) is 5.75 Å². The lowest BCUT2D eigenvalue weighted by Gasteiger charge is -2.16. The fourth-order valence-corrected chi connectivity index (χ4v) is 3.68. The van der Waals surface area contributed by atoms with E-state index in [1.165, 1.54) is 13.0 Å². The Hall–Kier alpha value is -1.86. The summed E-state index contributed by atoms with van der Waals surface area (Å²) >= 11 is 3.30. The summed E-state index contributed by atoms with van der Waals surface area (Å²) < 4.78 is 33.3. The van der Waals surface area contributed by atoms with Crippen molar-refractivity contribution in [3.8, 4) is 5.75 Å². The third kappa shape index (κ3) is 4.58. The second kappa shape index (κ2) is 7.36. The smallest absolute Gasteiger partial charge is 0.274 e. The van der Waals surface area contributed by atoms with E-state index >= 15 is 0 Å². The van der Waals surface area contributed by atoms with Gasteiger partial charge in [-0.05, 0) is 62.2 Å². The van der Waals surface area contributed by atoms with Crippen molar-refractivity contribution in [2.24, 2.45) is 0 Å². The van der Waals surface area contributed by atoms with Gasteiger partial charge in [-0.1, -0.05) is 28.1 Å². The molecule has 5 nitrogen and oxygen atoms in total. The Morgan fingerprint density at radius 1 is 1.12 bits per heavy atom. The Morgan fingerprint density at radius 3 is 2.38 bits per heavy atom. The molecule has 1 amide bonds. The minimum absolute atomic E-state index is 0.0895. The highest BCUT2D eigenvalue weighted by Gasteiger charge is 2.24. The SMILES string of the molecule is Cc1ccc(C)c(S(=O)(=O)NC(=O)C(C)Oc2ccc(Br)cc2)c1. The van der Waals surface area contributed by atoms with Gasteiger partial charge >= 0.3 is 0 Å². The molecule has 0 radical (unpaired) electrons. The van der Waals surface area contributed by atoms with Gasteiger partial charge in [0.15, 0.2) is 6.10 Å². The molecule has 24 heavy (non-hydrogen) atoms. The van der Waals surface area contributed by atoms with Gasteiger partial charge in [-0.2, -0.15) is 0 Å². The standard InChI is InChI=1S/C17H18BrNO4S/c1-11-4-5-12(2)16(10-11)24(21,22)19-17(20)13(3)23-15-8-6-14(18)7-9-15/h4-10,13H,1-3H3,(H,19,20). The van der Waals surface area contributed by atoms with Gasteiger partial charge in [-0.15, -0.1) is 0 Å². The summed E-state index contributed by atoms with van der Waals surface area (Å²) in [6.45, 7) is 4.97. The van der Waals surface area contributed by atoms with Crippen molar-refractivity contribution in [3.05, 3.63) is 58.1 Å². The summed E-state index contributed by atoms with van der Waals surface area (Å²) in [4.78, 5) is 12.3. The molecule has 0 aliphatic carbocycles. The number of aryl methyl sites for hydroxylation is 2. The minimum atomic E-state index is -3.94. The van der Waals surface area contributed by atoms with Crippen molar-refractivity contribution in [2.45, 2.75) is 31.8 Å². The molecule has 0 bridgehead atoms. The van der Waals surface area contributed by atoms with Gasteiger partial charge in [-0.3, -0.25) is 4.79 Å². The Morgan fingerprint density at radius 2 is 1.75 bits per heavy atom. The molecule has 0 fully saturated rings.